The first-order valence-electron chi connectivity index (χ1n) is 15.3. The Labute approximate surface area is 282 Å². The number of pyridine rings is 1. The molecule has 1 saturated heterocycles. The highest BCUT2D eigenvalue weighted by Gasteiger charge is 2.30. The first kappa shape index (κ1) is 35.1. The van der Waals surface area contributed by atoms with Crippen molar-refractivity contribution in [2.75, 3.05) is 60.3 Å². The van der Waals surface area contributed by atoms with Crippen molar-refractivity contribution in [1.29, 1.82) is 0 Å². The number of amides is 2. The van der Waals surface area contributed by atoms with Gasteiger partial charge in [-0.1, -0.05) is 57.2 Å². The molecule has 2 amide bonds. The van der Waals surface area contributed by atoms with Gasteiger partial charge in [-0.15, -0.1) is 0 Å². The molecule has 12 nitrogen and oxygen atoms in total. The molecule has 0 saturated carbocycles. The Morgan fingerprint density at radius 2 is 1.62 bits per heavy atom. The van der Waals surface area contributed by atoms with E-state index in [1.165, 1.54) is 7.11 Å². The molecule has 14 heteroatoms. The van der Waals surface area contributed by atoms with Crippen LogP contribution in [0.15, 0.2) is 66.9 Å². The Morgan fingerprint density at radius 3 is 2.21 bits per heavy atom. The third kappa shape index (κ3) is 8.06. The van der Waals surface area contributed by atoms with Crippen LogP contribution in [0, 0.1) is 0 Å². The number of aromatic nitrogens is 1. The maximum Gasteiger partial charge on any atom is 0.340 e. The zero-order chi connectivity index (χ0) is 34.9. The number of hydrogen-bond donors (Lipinski definition) is 2. The Morgan fingerprint density at radius 1 is 0.958 bits per heavy atom. The molecule has 5 rings (SSSR count). The van der Waals surface area contributed by atoms with Crippen molar-refractivity contribution in [2.24, 2.45) is 0 Å². The van der Waals surface area contributed by atoms with Crippen molar-refractivity contribution in [3.63, 3.8) is 0 Å². The predicted octanol–water partition coefficient (Wildman–Crippen LogP) is 5.41. The fraction of sp³-hybridized carbons (Fsp3) is 0.353. The van der Waals surface area contributed by atoms with Crippen LogP contribution in [-0.2, 0) is 36.7 Å². The number of benzene rings is 3. The molecule has 0 radical (unpaired) electrons. The summed E-state index contributed by atoms with van der Waals surface area (Å²) in [6.45, 7) is 9.61. The van der Waals surface area contributed by atoms with Crippen LogP contribution < -0.4 is 19.1 Å². The number of fused-ring (bicyclic) bond motifs is 1. The maximum atomic E-state index is 14.0. The number of morpholine rings is 1. The summed E-state index contributed by atoms with van der Waals surface area (Å²) in [5, 5.41) is 3.94. The fourth-order valence-corrected chi connectivity index (χ4v) is 7.05. The number of sulfonamides is 2. The van der Waals surface area contributed by atoms with Crippen LogP contribution >= 0.6 is 0 Å². The molecule has 48 heavy (non-hydrogen) atoms. The van der Waals surface area contributed by atoms with Gasteiger partial charge in [-0.2, -0.15) is 4.31 Å². The summed E-state index contributed by atoms with van der Waals surface area (Å²) in [6.07, 6.45) is 3.76. The SMILES string of the molecule is COc1c(NC(=O)N(c2ccc(-c3ccc(CN4CCOCC4)nc3)c3ccccc23)S(C)(=O)=O)cc(C(C)(C)C)cc1NS(C)(=O)=O. The van der Waals surface area contributed by atoms with E-state index >= 15 is 0 Å². The van der Waals surface area contributed by atoms with Gasteiger partial charge in [0.1, 0.15) is 0 Å². The quantitative estimate of drug-likeness (QED) is 0.235. The molecule has 2 N–H and O–H groups in total. The van der Waals surface area contributed by atoms with Crippen LogP contribution in [0.3, 0.4) is 0 Å². The lowest BCUT2D eigenvalue weighted by Gasteiger charge is -2.26. The number of anilines is 3. The molecule has 0 atom stereocenters. The minimum atomic E-state index is -4.18. The lowest BCUT2D eigenvalue weighted by atomic mass is 9.86. The number of hydrogen-bond acceptors (Lipinski definition) is 9. The van der Waals surface area contributed by atoms with E-state index in [2.05, 4.69) is 14.9 Å². The van der Waals surface area contributed by atoms with E-state index in [-0.39, 0.29) is 22.8 Å². The average Bonchev–Trinajstić information content (AvgIpc) is 3.00. The van der Waals surface area contributed by atoms with Crippen molar-refractivity contribution in [2.45, 2.75) is 32.7 Å². The summed E-state index contributed by atoms with van der Waals surface area (Å²) >= 11 is 0. The van der Waals surface area contributed by atoms with Gasteiger partial charge in [0.2, 0.25) is 20.0 Å². The highest BCUT2D eigenvalue weighted by molar-refractivity contribution is 7.93. The van der Waals surface area contributed by atoms with Gasteiger partial charge in [-0.3, -0.25) is 14.6 Å². The molecule has 2 heterocycles. The summed E-state index contributed by atoms with van der Waals surface area (Å²) in [4.78, 5) is 21.0. The number of urea groups is 1. The molecule has 1 aliphatic rings. The van der Waals surface area contributed by atoms with Crippen molar-refractivity contribution in [3.05, 3.63) is 78.1 Å². The lowest BCUT2D eigenvalue weighted by molar-refractivity contribution is 0.0336. The third-order valence-corrected chi connectivity index (χ3v) is 9.57. The molecular formula is C34H41N5O7S2. The van der Waals surface area contributed by atoms with E-state index < -0.39 is 31.5 Å². The van der Waals surface area contributed by atoms with Crippen LogP contribution in [0.4, 0.5) is 21.9 Å². The van der Waals surface area contributed by atoms with Gasteiger partial charge in [0.25, 0.3) is 0 Å². The van der Waals surface area contributed by atoms with E-state index in [0.29, 0.717) is 28.5 Å². The number of nitrogens with zero attached hydrogens (tertiary/aromatic N) is 3. The third-order valence-electron chi connectivity index (χ3n) is 7.96. The smallest absolute Gasteiger partial charge is 0.340 e. The van der Waals surface area contributed by atoms with Gasteiger partial charge in [-0.05, 0) is 46.2 Å². The standard InChI is InChI=1S/C34H41N5O7S2/c1-34(2,3)24-19-29(32(45-4)30(20-24)37-47(5,41)42)36-33(40)39(48(6,43)44)31-14-13-26(27-9-7-8-10-28(27)31)23-11-12-25(35-21-23)22-38-15-17-46-18-16-38/h7-14,19-21,37H,15-18,22H2,1-6H3,(H,36,40). The second-order valence-electron chi connectivity index (χ2n) is 12.8. The van der Waals surface area contributed by atoms with Crippen molar-refractivity contribution in [3.8, 4) is 16.9 Å². The highest BCUT2D eigenvalue weighted by Crippen LogP contribution is 2.40. The second-order valence-corrected chi connectivity index (χ2v) is 16.4. The molecule has 1 fully saturated rings. The molecule has 256 valence electrons. The first-order chi connectivity index (χ1) is 22.5. The summed E-state index contributed by atoms with van der Waals surface area (Å²) < 4.78 is 65.1. The maximum absolute atomic E-state index is 14.0. The summed E-state index contributed by atoms with van der Waals surface area (Å²) in [6, 6.07) is 16.9. The number of carbonyl (C=O) groups is 1. The minimum absolute atomic E-state index is 0.0278. The Hall–Kier alpha value is -4.24. The van der Waals surface area contributed by atoms with E-state index in [1.807, 2.05) is 45.0 Å². The van der Waals surface area contributed by atoms with Crippen molar-refractivity contribution >= 4 is 53.9 Å². The van der Waals surface area contributed by atoms with Crippen LogP contribution in [0.1, 0.15) is 32.0 Å². The van der Waals surface area contributed by atoms with E-state index in [4.69, 9.17) is 14.5 Å². The predicted molar refractivity (Wildman–Crippen MR) is 190 cm³/mol. The molecule has 0 bridgehead atoms. The largest absolute Gasteiger partial charge is 0.492 e. The number of ether oxygens (including phenoxy) is 2. The van der Waals surface area contributed by atoms with Gasteiger partial charge < -0.3 is 14.8 Å². The van der Waals surface area contributed by atoms with E-state index in [9.17, 15) is 21.6 Å². The monoisotopic (exact) mass is 695 g/mol. The van der Waals surface area contributed by atoms with E-state index in [1.54, 1.807) is 42.6 Å². The zero-order valence-corrected chi connectivity index (χ0v) is 29.5. The zero-order valence-electron chi connectivity index (χ0n) is 27.9. The van der Waals surface area contributed by atoms with E-state index in [0.717, 1.165) is 54.4 Å². The van der Waals surface area contributed by atoms with Gasteiger partial charge >= 0.3 is 6.03 Å². The molecule has 0 spiro atoms. The summed E-state index contributed by atoms with van der Waals surface area (Å²) in [5.74, 6) is 0.0278. The van der Waals surface area contributed by atoms with Gasteiger partial charge in [0.05, 0.1) is 55.6 Å². The number of rotatable bonds is 9. The summed E-state index contributed by atoms with van der Waals surface area (Å²) in [5.41, 5.74) is 3.16. The van der Waals surface area contributed by atoms with Crippen molar-refractivity contribution < 1.29 is 31.1 Å². The molecule has 4 aromatic rings. The van der Waals surface area contributed by atoms with Crippen LogP contribution in [0.25, 0.3) is 21.9 Å². The normalized spacial score (nSPS) is 14.5. The fourth-order valence-electron chi connectivity index (χ4n) is 5.63. The Balaban J connectivity index is 1.54. The second kappa shape index (κ2) is 13.7. The lowest BCUT2D eigenvalue weighted by Crippen LogP contribution is -2.39. The topological polar surface area (TPSA) is 147 Å². The molecule has 1 aromatic heterocycles. The number of methoxy groups -OCH3 is 1. The molecule has 0 unspecified atom stereocenters. The Bertz CT molecular complexity index is 2040. The van der Waals surface area contributed by atoms with Crippen LogP contribution in [-0.4, -0.2) is 78.7 Å². The summed E-state index contributed by atoms with van der Waals surface area (Å²) in [7, 11) is -6.57. The Kier molecular flexibility index (Phi) is 10.0. The van der Waals surface area contributed by atoms with Crippen molar-refractivity contribution in [1.82, 2.24) is 9.88 Å². The average molecular weight is 696 g/mol. The van der Waals surface area contributed by atoms with Gasteiger partial charge in [0, 0.05) is 36.8 Å². The number of carbonyl (C=O) groups excluding carboxylic acids is 1. The molecular weight excluding hydrogens is 655 g/mol. The molecule has 3 aromatic carbocycles. The highest BCUT2D eigenvalue weighted by atomic mass is 32.2. The number of nitrogens with one attached hydrogen (secondary N) is 2. The first-order valence-corrected chi connectivity index (χ1v) is 19.1. The minimum Gasteiger partial charge on any atom is -0.492 e. The molecule has 0 aliphatic carbocycles. The molecule has 1 aliphatic heterocycles. The van der Waals surface area contributed by atoms with Crippen LogP contribution in [0.5, 0.6) is 5.75 Å². The van der Waals surface area contributed by atoms with Gasteiger partial charge in [-0.25, -0.2) is 21.6 Å². The van der Waals surface area contributed by atoms with Crippen LogP contribution in [0.2, 0.25) is 0 Å². The van der Waals surface area contributed by atoms with Gasteiger partial charge in [0.15, 0.2) is 5.75 Å².